The molecule has 1 aliphatic heterocycles. The fourth-order valence-electron chi connectivity index (χ4n) is 2.88. The molecule has 0 radical (unpaired) electrons. The minimum atomic E-state index is 0.869. The largest absolute Gasteiger partial charge is 0.330 e. The molecule has 2 rings (SSSR count). The molecule has 0 bridgehead atoms. The van der Waals surface area contributed by atoms with E-state index in [4.69, 9.17) is 5.73 Å². The van der Waals surface area contributed by atoms with Crippen LogP contribution in [0.5, 0.6) is 0 Å². The summed E-state index contributed by atoms with van der Waals surface area (Å²) in [6.07, 6.45) is 7.06. The molecule has 13 heavy (non-hydrogen) atoms. The first-order chi connectivity index (χ1) is 6.33. The standard InChI is InChI=1S/C11H22N2/c1-13-8-6-11(13)10(5-7-12)9-3-2-4-9/h9-11H,2-8,12H2,1H3. The highest BCUT2D eigenvalue weighted by Crippen LogP contribution is 2.40. The van der Waals surface area contributed by atoms with Gasteiger partial charge in [0.25, 0.3) is 0 Å². The van der Waals surface area contributed by atoms with Gasteiger partial charge in [-0.25, -0.2) is 0 Å². The summed E-state index contributed by atoms with van der Waals surface area (Å²) in [4.78, 5) is 2.51. The van der Waals surface area contributed by atoms with Gasteiger partial charge < -0.3 is 10.6 Å². The van der Waals surface area contributed by atoms with E-state index in [1.165, 1.54) is 38.6 Å². The zero-order valence-electron chi connectivity index (χ0n) is 8.71. The fourth-order valence-corrected chi connectivity index (χ4v) is 2.88. The van der Waals surface area contributed by atoms with Crippen molar-refractivity contribution in [2.45, 2.75) is 38.1 Å². The molecular weight excluding hydrogens is 160 g/mol. The van der Waals surface area contributed by atoms with Crippen molar-refractivity contribution in [1.29, 1.82) is 0 Å². The quantitative estimate of drug-likeness (QED) is 0.713. The Morgan fingerprint density at radius 2 is 2.15 bits per heavy atom. The summed E-state index contributed by atoms with van der Waals surface area (Å²) in [6, 6.07) is 0.869. The topological polar surface area (TPSA) is 29.3 Å². The normalized spacial score (nSPS) is 32.3. The van der Waals surface area contributed by atoms with E-state index < -0.39 is 0 Å². The Labute approximate surface area is 81.5 Å². The number of likely N-dealkylation sites (tertiary alicyclic amines) is 1. The van der Waals surface area contributed by atoms with Gasteiger partial charge in [-0.2, -0.15) is 0 Å². The van der Waals surface area contributed by atoms with Gasteiger partial charge in [-0.3, -0.25) is 0 Å². The van der Waals surface area contributed by atoms with Crippen LogP contribution in [0.4, 0.5) is 0 Å². The molecule has 2 unspecified atom stereocenters. The van der Waals surface area contributed by atoms with Crippen molar-refractivity contribution in [3.63, 3.8) is 0 Å². The molecule has 1 saturated carbocycles. The SMILES string of the molecule is CN1CCC1C(CCN)C1CCC1. The predicted octanol–water partition coefficient (Wildman–Crippen LogP) is 1.46. The van der Waals surface area contributed by atoms with Crippen molar-refractivity contribution < 1.29 is 0 Å². The summed E-state index contributed by atoms with van der Waals surface area (Å²) in [7, 11) is 2.26. The van der Waals surface area contributed by atoms with E-state index in [1.807, 2.05) is 0 Å². The van der Waals surface area contributed by atoms with Gasteiger partial charge in [0.05, 0.1) is 0 Å². The van der Waals surface area contributed by atoms with Crippen molar-refractivity contribution in [3.05, 3.63) is 0 Å². The van der Waals surface area contributed by atoms with E-state index in [1.54, 1.807) is 0 Å². The second-order valence-electron chi connectivity index (χ2n) is 4.77. The summed E-state index contributed by atoms with van der Waals surface area (Å²) in [5.41, 5.74) is 5.69. The predicted molar refractivity (Wildman–Crippen MR) is 55.5 cm³/mol. The van der Waals surface area contributed by atoms with Crippen LogP contribution in [0.25, 0.3) is 0 Å². The number of nitrogens with zero attached hydrogens (tertiary/aromatic N) is 1. The molecule has 2 nitrogen and oxygen atoms in total. The average Bonchev–Trinajstić information content (AvgIpc) is 1.99. The average molecular weight is 182 g/mol. The first-order valence-electron chi connectivity index (χ1n) is 5.73. The third-order valence-electron chi connectivity index (χ3n) is 4.09. The summed E-state index contributed by atoms with van der Waals surface area (Å²) in [6.45, 7) is 2.18. The third kappa shape index (κ3) is 1.75. The lowest BCUT2D eigenvalue weighted by molar-refractivity contribution is 0.0196. The number of hydrogen-bond donors (Lipinski definition) is 1. The van der Waals surface area contributed by atoms with Crippen LogP contribution in [0.15, 0.2) is 0 Å². The zero-order valence-corrected chi connectivity index (χ0v) is 8.71. The van der Waals surface area contributed by atoms with E-state index in [0.29, 0.717) is 0 Å². The minimum absolute atomic E-state index is 0.869. The Bertz CT molecular complexity index is 165. The highest BCUT2D eigenvalue weighted by atomic mass is 15.2. The molecule has 0 aromatic carbocycles. The van der Waals surface area contributed by atoms with Gasteiger partial charge in [0, 0.05) is 6.04 Å². The number of rotatable bonds is 4. The molecule has 2 N–H and O–H groups in total. The van der Waals surface area contributed by atoms with Crippen LogP contribution in [0.3, 0.4) is 0 Å². The Morgan fingerprint density at radius 3 is 2.46 bits per heavy atom. The second kappa shape index (κ2) is 3.97. The molecule has 2 atom stereocenters. The van der Waals surface area contributed by atoms with Crippen molar-refractivity contribution in [3.8, 4) is 0 Å². The zero-order chi connectivity index (χ0) is 9.26. The van der Waals surface area contributed by atoms with Crippen LogP contribution >= 0.6 is 0 Å². The maximum Gasteiger partial charge on any atom is 0.0136 e. The van der Waals surface area contributed by atoms with Crippen LogP contribution in [0.2, 0.25) is 0 Å². The highest BCUT2D eigenvalue weighted by Gasteiger charge is 2.38. The third-order valence-corrected chi connectivity index (χ3v) is 4.09. The van der Waals surface area contributed by atoms with Gasteiger partial charge >= 0.3 is 0 Å². The van der Waals surface area contributed by atoms with E-state index in [-0.39, 0.29) is 0 Å². The molecule has 2 heteroatoms. The van der Waals surface area contributed by atoms with E-state index in [0.717, 1.165) is 24.4 Å². The molecule has 1 aliphatic carbocycles. The first-order valence-corrected chi connectivity index (χ1v) is 5.73. The monoisotopic (exact) mass is 182 g/mol. The van der Waals surface area contributed by atoms with Crippen LogP contribution in [-0.2, 0) is 0 Å². The summed E-state index contributed by atoms with van der Waals surface area (Å²) in [5, 5.41) is 0. The van der Waals surface area contributed by atoms with Gasteiger partial charge in [0.2, 0.25) is 0 Å². The molecule has 2 aliphatic rings. The highest BCUT2D eigenvalue weighted by molar-refractivity contribution is 4.92. The maximum absolute atomic E-state index is 5.69. The van der Waals surface area contributed by atoms with E-state index in [9.17, 15) is 0 Å². The molecule has 2 fully saturated rings. The molecular formula is C11H22N2. The fraction of sp³-hybridized carbons (Fsp3) is 1.00. The van der Waals surface area contributed by atoms with Gasteiger partial charge in [-0.1, -0.05) is 19.3 Å². The van der Waals surface area contributed by atoms with Crippen molar-refractivity contribution in [2.75, 3.05) is 20.1 Å². The number of hydrogen-bond acceptors (Lipinski definition) is 2. The molecule has 0 amide bonds. The number of nitrogens with two attached hydrogens (primary N) is 1. The van der Waals surface area contributed by atoms with Crippen LogP contribution < -0.4 is 5.73 Å². The Balaban J connectivity index is 1.88. The summed E-state index contributed by atoms with van der Waals surface area (Å²) in [5.74, 6) is 1.92. The minimum Gasteiger partial charge on any atom is -0.330 e. The molecule has 1 saturated heterocycles. The van der Waals surface area contributed by atoms with Gasteiger partial charge in [0.15, 0.2) is 0 Å². The Morgan fingerprint density at radius 1 is 1.38 bits per heavy atom. The van der Waals surface area contributed by atoms with E-state index >= 15 is 0 Å². The molecule has 0 aromatic rings. The van der Waals surface area contributed by atoms with Gasteiger partial charge in [-0.15, -0.1) is 0 Å². The summed E-state index contributed by atoms with van der Waals surface area (Å²) < 4.78 is 0. The van der Waals surface area contributed by atoms with Gasteiger partial charge in [0.1, 0.15) is 0 Å². The first kappa shape index (κ1) is 9.47. The maximum atomic E-state index is 5.69. The summed E-state index contributed by atoms with van der Waals surface area (Å²) >= 11 is 0. The lowest BCUT2D eigenvalue weighted by atomic mass is 9.69. The molecule has 76 valence electrons. The lowest BCUT2D eigenvalue weighted by Crippen LogP contribution is -2.52. The van der Waals surface area contributed by atoms with Crippen LogP contribution in [-0.4, -0.2) is 31.1 Å². The van der Waals surface area contributed by atoms with Crippen molar-refractivity contribution in [2.24, 2.45) is 17.6 Å². The molecule has 1 heterocycles. The van der Waals surface area contributed by atoms with Crippen LogP contribution in [0, 0.1) is 11.8 Å². The van der Waals surface area contributed by atoms with Crippen LogP contribution in [0.1, 0.15) is 32.1 Å². The molecule has 0 aromatic heterocycles. The Kier molecular flexibility index (Phi) is 2.89. The Hall–Kier alpha value is -0.0800. The lowest BCUT2D eigenvalue weighted by Gasteiger charge is -2.48. The second-order valence-corrected chi connectivity index (χ2v) is 4.77. The smallest absolute Gasteiger partial charge is 0.0136 e. The molecule has 0 spiro atoms. The van der Waals surface area contributed by atoms with Crippen molar-refractivity contribution in [1.82, 2.24) is 4.90 Å². The van der Waals surface area contributed by atoms with Crippen molar-refractivity contribution >= 4 is 0 Å². The van der Waals surface area contributed by atoms with Gasteiger partial charge in [-0.05, 0) is 44.8 Å². The van der Waals surface area contributed by atoms with E-state index in [2.05, 4.69) is 11.9 Å².